The molecule has 6 rings (SSSR count). The molecule has 234 valence electrons. The van der Waals surface area contributed by atoms with E-state index in [1.54, 1.807) is 18.6 Å². The highest BCUT2D eigenvalue weighted by Crippen LogP contribution is 2.39. The zero-order valence-corrected chi connectivity index (χ0v) is 25.6. The second kappa shape index (κ2) is 12.5. The molecule has 2 fully saturated rings. The lowest BCUT2D eigenvalue weighted by Crippen LogP contribution is -2.52. The topological polar surface area (TPSA) is 92.8 Å². The van der Waals surface area contributed by atoms with Gasteiger partial charge in [-0.1, -0.05) is 18.2 Å². The SMILES string of the molecule is C[C@@H](Oc1cc(-n2cnc3cnc(CN4CCC(N5CCN(C)CC5)CC4)cc32)sc1C(N)=O)c1ccccc1C(F)(F)F. The van der Waals surface area contributed by atoms with Crippen LogP contribution >= 0.6 is 11.3 Å². The fourth-order valence-corrected chi connectivity index (χ4v) is 7.11. The Balaban J connectivity index is 1.19. The molecule has 5 heterocycles. The number of imidazole rings is 1. The molecule has 2 aliphatic rings. The number of benzene rings is 1. The van der Waals surface area contributed by atoms with E-state index in [0.29, 0.717) is 16.6 Å². The van der Waals surface area contributed by atoms with E-state index in [0.717, 1.165) is 87.3 Å². The highest BCUT2D eigenvalue weighted by molar-refractivity contribution is 7.16. The molecule has 2 N–H and O–H groups in total. The molecular weight excluding hydrogens is 591 g/mol. The van der Waals surface area contributed by atoms with Crippen molar-refractivity contribution in [3.05, 3.63) is 70.6 Å². The van der Waals surface area contributed by atoms with E-state index in [1.165, 1.54) is 25.1 Å². The zero-order chi connectivity index (χ0) is 31.0. The van der Waals surface area contributed by atoms with Crippen LogP contribution in [0.1, 0.15) is 52.4 Å². The van der Waals surface area contributed by atoms with E-state index in [-0.39, 0.29) is 16.2 Å². The fourth-order valence-electron chi connectivity index (χ4n) is 6.18. The predicted octanol–water partition coefficient (Wildman–Crippen LogP) is 4.95. The number of nitrogens with zero attached hydrogens (tertiary/aromatic N) is 6. The largest absolute Gasteiger partial charge is 0.484 e. The molecule has 0 aliphatic carbocycles. The minimum absolute atomic E-state index is 0.0282. The minimum atomic E-state index is -4.54. The van der Waals surface area contributed by atoms with Crippen molar-refractivity contribution < 1.29 is 22.7 Å². The maximum absolute atomic E-state index is 13.6. The average Bonchev–Trinajstić information content (AvgIpc) is 3.61. The average molecular weight is 628 g/mol. The number of fused-ring (bicyclic) bond motifs is 1. The van der Waals surface area contributed by atoms with Crippen LogP contribution in [0.15, 0.2) is 48.9 Å². The molecule has 1 aromatic carbocycles. The van der Waals surface area contributed by atoms with Crippen LogP contribution in [0, 0.1) is 0 Å². The van der Waals surface area contributed by atoms with E-state index < -0.39 is 23.8 Å². The van der Waals surface area contributed by atoms with Gasteiger partial charge in [0.05, 0.1) is 23.0 Å². The maximum Gasteiger partial charge on any atom is 0.416 e. The van der Waals surface area contributed by atoms with Crippen molar-refractivity contribution in [3.8, 4) is 10.8 Å². The molecule has 0 radical (unpaired) electrons. The van der Waals surface area contributed by atoms with Gasteiger partial charge in [-0.15, -0.1) is 11.3 Å². The lowest BCUT2D eigenvalue weighted by atomic mass is 10.0. The number of alkyl halides is 3. The molecule has 2 aliphatic heterocycles. The van der Waals surface area contributed by atoms with Crippen LogP contribution in [0.3, 0.4) is 0 Å². The molecule has 13 heteroatoms. The molecule has 3 aromatic heterocycles. The number of ether oxygens (including phenoxy) is 1. The summed E-state index contributed by atoms with van der Waals surface area (Å²) >= 11 is 1.11. The van der Waals surface area contributed by atoms with Crippen molar-refractivity contribution in [1.29, 1.82) is 0 Å². The second-order valence-corrected chi connectivity index (χ2v) is 12.6. The number of piperidine rings is 1. The Morgan fingerprint density at radius 1 is 1.09 bits per heavy atom. The number of carbonyl (C=O) groups is 1. The number of hydrogen-bond acceptors (Lipinski definition) is 8. The van der Waals surface area contributed by atoms with Crippen molar-refractivity contribution >= 4 is 28.3 Å². The van der Waals surface area contributed by atoms with Crippen molar-refractivity contribution in [2.45, 2.75) is 44.6 Å². The number of carbonyl (C=O) groups excluding carboxylic acids is 1. The number of aromatic nitrogens is 3. The molecule has 0 saturated carbocycles. The van der Waals surface area contributed by atoms with E-state index in [2.05, 4.69) is 31.7 Å². The quantitative estimate of drug-likeness (QED) is 0.296. The van der Waals surface area contributed by atoms with Crippen molar-refractivity contribution in [3.63, 3.8) is 0 Å². The Hall–Kier alpha value is -3.52. The number of likely N-dealkylation sites (N-methyl/N-ethyl adjacent to an activating group) is 1. The molecule has 9 nitrogen and oxygen atoms in total. The van der Waals surface area contributed by atoms with Crippen LogP contribution in [-0.2, 0) is 12.7 Å². The summed E-state index contributed by atoms with van der Waals surface area (Å²) in [5.74, 6) is -0.597. The second-order valence-electron chi connectivity index (χ2n) is 11.6. The van der Waals surface area contributed by atoms with Gasteiger partial charge in [0.2, 0.25) is 0 Å². The number of primary amides is 1. The van der Waals surface area contributed by atoms with Crippen LogP contribution in [-0.4, -0.2) is 87.5 Å². The monoisotopic (exact) mass is 627 g/mol. The van der Waals surface area contributed by atoms with Crippen molar-refractivity contribution in [1.82, 2.24) is 29.2 Å². The van der Waals surface area contributed by atoms with E-state index in [4.69, 9.17) is 10.5 Å². The molecule has 1 atom stereocenters. The zero-order valence-electron chi connectivity index (χ0n) is 24.8. The summed E-state index contributed by atoms with van der Waals surface area (Å²) < 4.78 is 48.7. The molecule has 44 heavy (non-hydrogen) atoms. The number of piperazine rings is 1. The molecule has 0 unspecified atom stereocenters. The third-order valence-electron chi connectivity index (χ3n) is 8.64. The number of amides is 1. The fraction of sp³-hybridized carbons (Fsp3) is 0.452. The van der Waals surface area contributed by atoms with Gasteiger partial charge in [-0.05, 0) is 38.9 Å². The van der Waals surface area contributed by atoms with Crippen molar-refractivity contribution in [2.75, 3.05) is 46.3 Å². The van der Waals surface area contributed by atoms with Gasteiger partial charge >= 0.3 is 6.18 Å². The number of pyridine rings is 1. The third kappa shape index (κ3) is 6.46. The van der Waals surface area contributed by atoms with Crippen LogP contribution in [0.2, 0.25) is 0 Å². The van der Waals surface area contributed by atoms with Gasteiger partial charge in [-0.25, -0.2) is 4.98 Å². The summed E-state index contributed by atoms with van der Waals surface area (Å²) in [6.07, 6.45) is 0.147. The normalized spacial score (nSPS) is 18.6. The highest BCUT2D eigenvalue weighted by atomic mass is 32.1. The number of nitrogens with two attached hydrogens (primary N) is 1. The molecule has 0 bridgehead atoms. The van der Waals surface area contributed by atoms with Gasteiger partial charge in [0, 0.05) is 63.5 Å². The molecule has 4 aromatic rings. The number of likely N-dealkylation sites (tertiary alicyclic amines) is 1. The Labute approximate surface area is 258 Å². The lowest BCUT2D eigenvalue weighted by molar-refractivity contribution is -0.139. The summed E-state index contributed by atoms with van der Waals surface area (Å²) in [7, 11) is 2.18. The summed E-state index contributed by atoms with van der Waals surface area (Å²) in [5.41, 5.74) is 7.26. The Bertz CT molecular complexity index is 1620. The standard InChI is InChI=1S/C31H36F3N7O2S/c1-20(23-5-3-4-6-24(23)31(32,33)34)43-27-16-28(44-29(27)30(35)42)41-19-37-25-17-36-21(15-26(25)41)18-39-9-7-22(8-10-39)40-13-11-38(2)12-14-40/h3-6,15-17,19-20,22H,7-14,18H2,1-2H3,(H2,35,42)/t20-/m1/s1. The Morgan fingerprint density at radius 3 is 2.52 bits per heavy atom. The molecule has 2 saturated heterocycles. The first-order chi connectivity index (χ1) is 21.1. The van der Waals surface area contributed by atoms with Gasteiger partial charge in [0.1, 0.15) is 33.6 Å². The van der Waals surface area contributed by atoms with E-state index in [1.807, 2.05) is 10.6 Å². The number of rotatable bonds is 8. The summed E-state index contributed by atoms with van der Waals surface area (Å²) in [5, 5.41) is 0.609. The Morgan fingerprint density at radius 2 is 1.82 bits per heavy atom. The Kier molecular flexibility index (Phi) is 8.64. The van der Waals surface area contributed by atoms with Gasteiger partial charge < -0.3 is 15.4 Å². The van der Waals surface area contributed by atoms with Crippen LogP contribution in [0.4, 0.5) is 13.2 Å². The minimum Gasteiger partial charge on any atom is -0.484 e. The first kappa shape index (κ1) is 30.5. The van der Waals surface area contributed by atoms with Crippen LogP contribution in [0.25, 0.3) is 16.0 Å². The van der Waals surface area contributed by atoms with Crippen LogP contribution in [0.5, 0.6) is 5.75 Å². The van der Waals surface area contributed by atoms with Crippen molar-refractivity contribution in [2.24, 2.45) is 5.73 Å². The van der Waals surface area contributed by atoms with Gasteiger partial charge in [0.25, 0.3) is 5.91 Å². The smallest absolute Gasteiger partial charge is 0.416 e. The van der Waals surface area contributed by atoms with Gasteiger partial charge in [0.15, 0.2) is 0 Å². The van der Waals surface area contributed by atoms with Crippen LogP contribution < -0.4 is 10.5 Å². The number of halogens is 3. The first-order valence-corrected chi connectivity index (χ1v) is 15.6. The van der Waals surface area contributed by atoms with E-state index >= 15 is 0 Å². The molecule has 1 amide bonds. The summed E-state index contributed by atoms with van der Waals surface area (Å²) in [6, 6.07) is 9.51. The lowest BCUT2D eigenvalue weighted by Gasteiger charge is -2.42. The highest BCUT2D eigenvalue weighted by Gasteiger charge is 2.35. The predicted molar refractivity (Wildman–Crippen MR) is 163 cm³/mol. The molecule has 0 spiro atoms. The van der Waals surface area contributed by atoms with Gasteiger partial charge in [-0.2, -0.15) is 13.2 Å². The maximum atomic E-state index is 13.6. The number of hydrogen-bond donors (Lipinski definition) is 1. The van der Waals surface area contributed by atoms with E-state index in [9.17, 15) is 18.0 Å². The van der Waals surface area contributed by atoms with Gasteiger partial charge in [-0.3, -0.25) is 24.1 Å². The third-order valence-corrected chi connectivity index (χ3v) is 9.77. The number of thiophene rings is 1. The molecular formula is C31H36F3N7O2S. The summed E-state index contributed by atoms with van der Waals surface area (Å²) in [4.78, 5) is 29.1. The summed E-state index contributed by atoms with van der Waals surface area (Å²) in [6.45, 7) is 8.79. The first-order valence-electron chi connectivity index (χ1n) is 14.8.